The van der Waals surface area contributed by atoms with Gasteiger partial charge in [0.2, 0.25) is 0 Å². The van der Waals surface area contributed by atoms with Gasteiger partial charge >= 0.3 is 0 Å². The van der Waals surface area contributed by atoms with E-state index < -0.39 is 0 Å². The number of aromatic amines is 1. The summed E-state index contributed by atoms with van der Waals surface area (Å²) in [6.07, 6.45) is 3.62. The number of pyridine rings is 1. The first kappa shape index (κ1) is 15.7. The fourth-order valence-corrected chi connectivity index (χ4v) is 3.27. The molecule has 3 aromatic rings. The summed E-state index contributed by atoms with van der Waals surface area (Å²) in [7, 11) is 0. The van der Waals surface area contributed by atoms with Crippen molar-refractivity contribution in [1.82, 2.24) is 9.97 Å². The molecular formula is C20H19N3O2. The zero-order chi connectivity index (χ0) is 17.2. The van der Waals surface area contributed by atoms with Gasteiger partial charge in [-0.05, 0) is 42.3 Å². The molecule has 0 atom stereocenters. The third-order valence-corrected chi connectivity index (χ3v) is 4.54. The molecule has 0 unspecified atom stereocenters. The van der Waals surface area contributed by atoms with Crippen LogP contribution in [-0.2, 0) is 4.74 Å². The second-order valence-electron chi connectivity index (χ2n) is 6.33. The summed E-state index contributed by atoms with van der Waals surface area (Å²) in [5.41, 5.74) is 4.53. The molecule has 0 radical (unpaired) electrons. The highest BCUT2D eigenvalue weighted by atomic mass is 16.5. The van der Waals surface area contributed by atoms with E-state index in [1.807, 2.05) is 31.2 Å². The van der Waals surface area contributed by atoms with Crippen LogP contribution in [0.3, 0.4) is 0 Å². The molecule has 1 aromatic carbocycles. The quantitative estimate of drug-likeness (QED) is 0.787. The summed E-state index contributed by atoms with van der Waals surface area (Å²) >= 11 is 0. The van der Waals surface area contributed by atoms with Crippen molar-refractivity contribution >= 4 is 11.0 Å². The van der Waals surface area contributed by atoms with Crippen LogP contribution in [0, 0.1) is 18.3 Å². The van der Waals surface area contributed by atoms with Gasteiger partial charge in [0.05, 0.1) is 18.8 Å². The molecule has 0 aliphatic carbocycles. The monoisotopic (exact) mass is 333 g/mol. The van der Waals surface area contributed by atoms with E-state index >= 15 is 0 Å². The Morgan fingerprint density at radius 1 is 1.24 bits per heavy atom. The number of nitrogens with zero attached hydrogens (tertiary/aromatic N) is 2. The minimum absolute atomic E-state index is 0.117. The molecule has 2 aromatic heterocycles. The van der Waals surface area contributed by atoms with Gasteiger partial charge in [0.1, 0.15) is 23.6 Å². The lowest BCUT2D eigenvalue weighted by Gasteiger charge is -2.23. The predicted molar refractivity (Wildman–Crippen MR) is 95.5 cm³/mol. The fraction of sp³-hybridized carbons (Fsp3) is 0.300. The first-order chi connectivity index (χ1) is 12.2. The van der Waals surface area contributed by atoms with E-state index in [-0.39, 0.29) is 6.10 Å². The molecule has 5 nitrogen and oxygen atoms in total. The number of ether oxygens (including phenoxy) is 2. The molecule has 0 saturated carbocycles. The Morgan fingerprint density at radius 2 is 2.08 bits per heavy atom. The summed E-state index contributed by atoms with van der Waals surface area (Å²) in [5, 5.41) is 10.6. The van der Waals surface area contributed by atoms with Crippen molar-refractivity contribution in [3.8, 4) is 22.9 Å². The van der Waals surface area contributed by atoms with Gasteiger partial charge in [0.15, 0.2) is 0 Å². The Balaban J connectivity index is 1.70. The molecule has 0 bridgehead atoms. The summed E-state index contributed by atoms with van der Waals surface area (Å²) in [4.78, 5) is 7.62. The van der Waals surface area contributed by atoms with Gasteiger partial charge in [-0.2, -0.15) is 5.26 Å². The minimum Gasteiger partial charge on any atom is -0.489 e. The van der Waals surface area contributed by atoms with Crippen molar-refractivity contribution in [2.45, 2.75) is 25.9 Å². The van der Waals surface area contributed by atoms with Crippen molar-refractivity contribution in [2.75, 3.05) is 13.2 Å². The smallest absolute Gasteiger partial charge is 0.138 e. The fourth-order valence-electron chi connectivity index (χ4n) is 3.27. The lowest BCUT2D eigenvalue weighted by atomic mass is 10.0. The number of hydrogen-bond acceptors (Lipinski definition) is 4. The number of benzene rings is 1. The predicted octanol–water partition coefficient (Wildman–Crippen LogP) is 3.97. The number of aromatic nitrogens is 2. The van der Waals surface area contributed by atoms with E-state index in [9.17, 15) is 5.26 Å². The first-order valence-electron chi connectivity index (χ1n) is 8.48. The lowest BCUT2D eigenvalue weighted by Crippen LogP contribution is -2.26. The Hall–Kier alpha value is -2.84. The normalized spacial score (nSPS) is 15.2. The molecule has 0 amide bonds. The zero-order valence-electron chi connectivity index (χ0n) is 14.1. The third kappa shape index (κ3) is 3.09. The number of H-pyrrole nitrogens is 1. The number of rotatable bonds is 3. The van der Waals surface area contributed by atoms with Crippen LogP contribution in [0.2, 0.25) is 0 Å². The van der Waals surface area contributed by atoms with Gasteiger partial charge in [-0.3, -0.25) is 0 Å². The van der Waals surface area contributed by atoms with E-state index in [0.29, 0.717) is 24.5 Å². The Morgan fingerprint density at radius 3 is 2.88 bits per heavy atom. The highest BCUT2D eigenvalue weighted by Gasteiger charge is 2.17. The molecule has 0 spiro atoms. The van der Waals surface area contributed by atoms with E-state index in [0.717, 1.165) is 40.7 Å². The average Bonchev–Trinajstić information content (AvgIpc) is 3.03. The molecule has 25 heavy (non-hydrogen) atoms. The zero-order valence-corrected chi connectivity index (χ0v) is 14.1. The van der Waals surface area contributed by atoms with Gasteiger partial charge in [-0.15, -0.1) is 0 Å². The molecule has 3 heterocycles. The molecule has 126 valence electrons. The SMILES string of the molecule is Cc1cc2c(-c3ccc(OC4CCOCC4)c(C#N)c3)ccnc2[nH]1. The Bertz CT molecular complexity index is 949. The molecular weight excluding hydrogens is 314 g/mol. The summed E-state index contributed by atoms with van der Waals surface area (Å²) in [6.45, 7) is 3.44. The van der Waals surface area contributed by atoms with Crippen molar-refractivity contribution in [3.63, 3.8) is 0 Å². The average molecular weight is 333 g/mol. The molecule has 1 N–H and O–H groups in total. The maximum Gasteiger partial charge on any atom is 0.138 e. The summed E-state index contributed by atoms with van der Waals surface area (Å²) < 4.78 is 11.4. The van der Waals surface area contributed by atoms with Gasteiger partial charge < -0.3 is 14.5 Å². The maximum absolute atomic E-state index is 9.56. The van der Waals surface area contributed by atoms with Crippen LogP contribution < -0.4 is 4.74 Å². The molecule has 1 fully saturated rings. The highest BCUT2D eigenvalue weighted by Crippen LogP contribution is 2.32. The van der Waals surface area contributed by atoms with Crippen LogP contribution >= 0.6 is 0 Å². The van der Waals surface area contributed by atoms with Crippen LogP contribution in [0.25, 0.3) is 22.2 Å². The van der Waals surface area contributed by atoms with Crippen LogP contribution in [-0.4, -0.2) is 29.3 Å². The Labute approximate surface area is 146 Å². The largest absolute Gasteiger partial charge is 0.489 e. The topological polar surface area (TPSA) is 70.9 Å². The maximum atomic E-state index is 9.56. The van der Waals surface area contributed by atoms with Gasteiger partial charge in [0, 0.05) is 30.1 Å². The van der Waals surface area contributed by atoms with Crippen LogP contribution in [0.4, 0.5) is 0 Å². The standard InChI is InChI=1S/C20H19N3O2/c1-13-10-18-17(4-7-22-20(18)23-13)14-2-3-19(15(11-14)12-21)25-16-5-8-24-9-6-16/h2-4,7,10-11,16H,5-6,8-9H2,1H3,(H,22,23). The third-order valence-electron chi connectivity index (χ3n) is 4.54. The van der Waals surface area contributed by atoms with Crippen molar-refractivity contribution in [2.24, 2.45) is 0 Å². The highest BCUT2D eigenvalue weighted by molar-refractivity contribution is 5.93. The van der Waals surface area contributed by atoms with Crippen molar-refractivity contribution in [1.29, 1.82) is 5.26 Å². The number of hydrogen-bond donors (Lipinski definition) is 1. The lowest BCUT2D eigenvalue weighted by molar-refractivity contribution is 0.0254. The molecule has 1 saturated heterocycles. The van der Waals surface area contributed by atoms with Crippen molar-refractivity contribution in [3.05, 3.63) is 47.8 Å². The first-order valence-corrected chi connectivity index (χ1v) is 8.48. The minimum atomic E-state index is 0.117. The number of aryl methyl sites for hydroxylation is 1. The number of fused-ring (bicyclic) bond motifs is 1. The van der Waals surface area contributed by atoms with Crippen LogP contribution in [0.15, 0.2) is 36.5 Å². The second kappa shape index (κ2) is 6.58. The van der Waals surface area contributed by atoms with E-state index in [1.165, 1.54) is 0 Å². The van der Waals surface area contributed by atoms with Crippen LogP contribution in [0.1, 0.15) is 24.1 Å². The number of nitrogens with one attached hydrogen (secondary N) is 1. The Kier molecular flexibility index (Phi) is 4.12. The van der Waals surface area contributed by atoms with E-state index in [2.05, 4.69) is 22.1 Å². The van der Waals surface area contributed by atoms with Gasteiger partial charge in [-0.1, -0.05) is 6.07 Å². The van der Waals surface area contributed by atoms with Gasteiger partial charge in [0.25, 0.3) is 0 Å². The molecule has 4 rings (SSSR count). The molecule has 1 aliphatic heterocycles. The molecule has 1 aliphatic rings. The van der Waals surface area contributed by atoms with Crippen LogP contribution in [0.5, 0.6) is 5.75 Å². The van der Waals surface area contributed by atoms with Gasteiger partial charge in [-0.25, -0.2) is 4.98 Å². The van der Waals surface area contributed by atoms with E-state index in [1.54, 1.807) is 6.20 Å². The number of nitriles is 1. The summed E-state index contributed by atoms with van der Waals surface area (Å²) in [5.74, 6) is 0.647. The molecule has 5 heteroatoms. The summed E-state index contributed by atoms with van der Waals surface area (Å²) in [6, 6.07) is 12.1. The second-order valence-corrected chi connectivity index (χ2v) is 6.33. The van der Waals surface area contributed by atoms with Crippen molar-refractivity contribution < 1.29 is 9.47 Å². The van der Waals surface area contributed by atoms with E-state index in [4.69, 9.17) is 9.47 Å².